The minimum Gasteiger partial charge on any atom is -0.497 e. The van der Waals surface area contributed by atoms with Gasteiger partial charge in [-0.15, -0.1) is 0 Å². The number of hydrogen-bond acceptors (Lipinski definition) is 7. The number of hydrogen-bond donors (Lipinski definition) is 3. The normalized spacial score (nSPS) is 16.9. The Morgan fingerprint density at radius 1 is 1.00 bits per heavy atom. The first-order valence-corrected chi connectivity index (χ1v) is 11.8. The molecule has 0 unspecified atom stereocenters. The lowest BCUT2D eigenvalue weighted by Gasteiger charge is -2.33. The second-order valence-electron chi connectivity index (χ2n) is 8.17. The summed E-state index contributed by atoms with van der Waals surface area (Å²) in [6.45, 7) is 3.11. The van der Waals surface area contributed by atoms with E-state index in [1.807, 2.05) is 18.2 Å². The Morgan fingerprint density at radius 2 is 1.73 bits per heavy atom. The summed E-state index contributed by atoms with van der Waals surface area (Å²) in [4.78, 5) is 2.22. The van der Waals surface area contributed by atoms with E-state index in [-0.39, 0.29) is 13.2 Å². The van der Waals surface area contributed by atoms with E-state index in [4.69, 9.17) is 37.4 Å². The van der Waals surface area contributed by atoms with Crippen molar-refractivity contribution in [3.63, 3.8) is 0 Å². The lowest BCUT2D eigenvalue weighted by Crippen LogP contribution is -2.47. The van der Waals surface area contributed by atoms with Crippen LogP contribution in [0.4, 0.5) is 0 Å². The first-order chi connectivity index (χ1) is 15.9. The zero-order valence-corrected chi connectivity index (χ0v) is 20.3. The van der Waals surface area contributed by atoms with E-state index < -0.39 is 12.2 Å². The number of nitrogens with one attached hydrogen (secondary N) is 1. The number of benzene rings is 2. The van der Waals surface area contributed by atoms with Crippen molar-refractivity contribution in [3.8, 4) is 17.2 Å². The van der Waals surface area contributed by atoms with Crippen LogP contribution in [0.1, 0.15) is 12.8 Å². The molecule has 1 aliphatic rings. The highest BCUT2D eigenvalue weighted by atomic mass is 35.5. The second-order valence-corrected chi connectivity index (χ2v) is 9.01. The molecular formula is C24H32Cl2N2O5. The van der Waals surface area contributed by atoms with Gasteiger partial charge in [0.15, 0.2) is 0 Å². The summed E-state index contributed by atoms with van der Waals surface area (Å²) in [5.41, 5.74) is 0. The number of piperidine rings is 1. The number of nitrogens with zero attached hydrogens (tertiary/aromatic N) is 1. The number of rotatable bonds is 12. The van der Waals surface area contributed by atoms with Gasteiger partial charge >= 0.3 is 0 Å². The Hall–Kier alpha value is -1.74. The second kappa shape index (κ2) is 13.2. The molecule has 1 heterocycles. The largest absolute Gasteiger partial charge is 0.497 e. The highest BCUT2D eigenvalue weighted by Crippen LogP contribution is 2.27. The number of methoxy groups -OCH3 is 1. The molecule has 0 spiro atoms. The van der Waals surface area contributed by atoms with Crippen molar-refractivity contribution in [1.29, 1.82) is 0 Å². The number of aliphatic hydroxyl groups excluding tert-OH is 2. The highest BCUT2D eigenvalue weighted by molar-refractivity contribution is 6.35. The molecule has 33 heavy (non-hydrogen) atoms. The van der Waals surface area contributed by atoms with E-state index in [2.05, 4.69) is 10.2 Å². The molecule has 7 nitrogen and oxygen atoms in total. The Morgan fingerprint density at radius 3 is 2.45 bits per heavy atom. The summed E-state index contributed by atoms with van der Waals surface area (Å²) in [6.07, 6.45) is 0.671. The summed E-state index contributed by atoms with van der Waals surface area (Å²) < 4.78 is 16.4. The Kier molecular flexibility index (Phi) is 10.4. The maximum absolute atomic E-state index is 10.3. The molecular weight excluding hydrogens is 467 g/mol. The molecule has 1 saturated heterocycles. The van der Waals surface area contributed by atoms with Crippen molar-refractivity contribution in [3.05, 3.63) is 52.5 Å². The standard InChI is InChI=1S/C24H32Cl2N2O5/c1-31-21-3-2-4-22(12-21)32-15-19(29)13-27-18-7-9-28(10-8-18)14-20(30)16-33-24-6-5-17(25)11-23(24)26/h2-6,11-12,18-20,27,29-30H,7-10,13-16H2,1H3/t19-,20-/m1/s1. The minimum absolute atomic E-state index is 0.166. The van der Waals surface area contributed by atoms with Crippen molar-refractivity contribution >= 4 is 23.2 Å². The third kappa shape index (κ3) is 8.85. The fraction of sp³-hybridized carbons (Fsp3) is 0.500. The van der Waals surface area contributed by atoms with Gasteiger partial charge in [-0.2, -0.15) is 0 Å². The Bertz CT molecular complexity index is 864. The summed E-state index contributed by atoms with van der Waals surface area (Å²) in [6, 6.07) is 12.7. The van der Waals surface area contributed by atoms with Crippen LogP contribution in [0.25, 0.3) is 0 Å². The summed E-state index contributed by atoms with van der Waals surface area (Å²) in [5.74, 6) is 1.90. The van der Waals surface area contributed by atoms with Gasteiger partial charge in [-0.05, 0) is 56.3 Å². The van der Waals surface area contributed by atoms with Crippen molar-refractivity contribution in [2.24, 2.45) is 0 Å². The lowest BCUT2D eigenvalue weighted by molar-refractivity contribution is 0.0556. The molecule has 0 bridgehead atoms. The van der Waals surface area contributed by atoms with Gasteiger partial charge in [0.25, 0.3) is 0 Å². The minimum atomic E-state index is -0.614. The van der Waals surface area contributed by atoms with E-state index in [1.54, 1.807) is 31.4 Å². The van der Waals surface area contributed by atoms with Gasteiger partial charge in [0.05, 0.1) is 12.1 Å². The topological polar surface area (TPSA) is 83.4 Å². The first kappa shape index (κ1) is 25.9. The van der Waals surface area contributed by atoms with Crippen LogP contribution in [0, 0.1) is 0 Å². The van der Waals surface area contributed by atoms with Crippen molar-refractivity contribution in [1.82, 2.24) is 10.2 Å². The average molecular weight is 499 g/mol. The monoisotopic (exact) mass is 498 g/mol. The van der Waals surface area contributed by atoms with Gasteiger partial charge in [0, 0.05) is 30.2 Å². The fourth-order valence-electron chi connectivity index (χ4n) is 3.69. The van der Waals surface area contributed by atoms with E-state index in [1.165, 1.54) is 0 Å². The molecule has 3 N–H and O–H groups in total. The van der Waals surface area contributed by atoms with E-state index in [9.17, 15) is 10.2 Å². The molecule has 0 radical (unpaired) electrons. The number of ether oxygens (including phenoxy) is 3. The van der Waals surface area contributed by atoms with E-state index >= 15 is 0 Å². The maximum Gasteiger partial charge on any atom is 0.138 e. The lowest BCUT2D eigenvalue weighted by atomic mass is 10.0. The molecule has 0 amide bonds. The summed E-state index contributed by atoms with van der Waals surface area (Å²) >= 11 is 12.0. The molecule has 9 heteroatoms. The molecule has 182 valence electrons. The van der Waals surface area contributed by atoms with Crippen molar-refractivity contribution < 1.29 is 24.4 Å². The molecule has 0 aromatic heterocycles. The zero-order chi connectivity index (χ0) is 23.6. The number of likely N-dealkylation sites (tertiary alicyclic amines) is 1. The number of halogens is 2. The van der Waals surface area contributed by atoms with Crippen LogP contribution in [-0.2, 0) is 0 Å². The molecule has 2 aromatic carbocycles. The van der Waals surface area contributed by atoms with Crippen LogP contribution in [-0.4, -0.2) is 79.9 Å². The smallest absolute Gasteiger partial charge is 0.138 e. The third-order valence-electron chi connectivity index (χ3n) is 5.51. The van der Waals surface area contributed by atoms with Crippen molar-refractivity contribution in [2.45, 2.75) is 31.1 Å². The van der Waals surface area contributed by atoms with Crippen LogP contribution in [0.5, 0.6) is 17.2 Å². The van der Waals surface area contributed by atoms with Gasteiger partial charge in [0.2, 0.25) is 0 Å². The molecule has 1 fully saturated rings. The highest BCUT2D eigenvalue weighted by Gasteiger charge is 2.22. The molecule has 2 atom stereocenters. The van der Waals surface area contributed by atoms with Gasteiger partial charge in [-0.3, -0.25) is 0 Å². The maximum atomic E-state index is 10.3. The van der Waals surface area contributed by atoms with E-state index in [0.29, 0.717) is 40.7 Å². The van der Waals surface area contributed by atoms with Crippen LogP contribution < -0.4 is 19.5 Å². The zero-order valence-electron chi connectivity index (χ0n) is 18.8. The summed E-state index contributed by atoms with van der Waals surface area (Å²) in [7, 11) is 1.61. The van der Waals surface area contributed by atoms with Gasteiger partial charge in [0.1, 0.15) is 42.7 Å². The number of aliphatic hydroxyl groups is 2. The SMILES string of the molecule is COc1cccc(OC[C@H](O)CNC2CCN(C[C@@H](O)COc3ccc(Cl)cc3Cl)CC2)c1. The third-order valence-corrected chi connectivity index (χ3v) is 6.04. The van der Waals surface area contributed by atoms with Gasteiger partial charge in [-0.25, -0.2) is 0 Å². The van der Waals surface area contributed by atoms with Crippen LogP contribution >= 0.6 is 23.2 Å². The van der Waals surface area contributed by atoms with Gasteiger partial charge < -0.3 is 34.6 Å². The Labute approximate surface area is 205 Å². The molecule has 1 aliphatic heterocycles. The fourth-order valence-corrected chi connectivity index (χ4v) is 4.16. The predicted octanol–water partition coefficient (Wildman–Crippen LogP) is 3.24. The Balaban J connectivity index is 1.29. The van der Waals surface area contributed by atoms with Gasteiger partial charge in [-0.1, -0.05) is 29.3 Å². The van der Waals surface area contributed by atoms with Crippen molar-refractivity contribution in [2.75, 3.05) is 46.5 Å². The molecule has 0 aliphatic carbocycles. The predicted molar refractivity (Wildman–Crippen MR) is 130 cm³/mol. The molecule has 2 aromatic rings. The molecule has 3 rings (SSSR count). The first-order valence-electron chi connectivity index (χ1n) is 11.1. The molecule has 0 saturated carbocycles. The van der Waals surface area contributed by atoms with Crippen LogP contribution in [0.15, 0.2) is 42.5 Å². The summed E-state index contributed by atoms with van der Waals surface area (Å²) in [5, 5.41) is 25.0. The van der Waals surface area contributed by atoms with Crippen LogP contribution in [0.2, 0.25) is 10.0 Å². The number of β-amino-alcohol motifs (C(OH)–C–C–N with tert-alkyl or cyclic N) is 1. The average Bonchev–Trinajstić information content (AvgIpc) is 2.82. The van der Waals surface area contributed by atoms with Crippen LogP contribution in [0.3, 0.4) is 0 Å². The van der Waals surface area contributed by atoms with E-state index in [0.717, 1.165) is 31.7 Å². The quantitative estimate of drug-likeness (QED) is 0.414.